The molecule has 2 aromatic carbocycles. The lowest BCUT2D eigenvalue weighted by atomic mass is 10.2. The predicted molar refractivity (Wildman–Crippen MR) is 68.1 cm³/mol. The molecule has 18 heavy (non-hydrogen) atoms. The molecule has 0 saturated heterocycles. The van der Waals surface area contributed by atoms with Gasteiger partial charge in [-0.25, -0.2) is 4.39 Å². The van der Waals surface area contributed by atoms with Crippen molar-refractivity contribution in [2.45, 2.75) is 13.2 Å². The van der Waals surface area contributed by atoms with Crippen LogP contribution in [0.15, 0.2) is 42.5 Å². The van der Waals surface area contributed by atoms with Crippen LogP contribution < -0.4 is 4.74 Å². The lowest BCUT2D eigenvalue weighted by Crippen LogP contribution is -1.96. The van der Waals surface area contributed by atoms with Gasteiger partial charge >= 0.3 is 0 Å². The summed E-state index contributed by atoms with van der Waals surface area (Å²) in [5, 5.41) is 9.43. The molecular formula is C14H12ClFO2. The summed E-state index contributed by atoms with van der Waals surface area (Å²) in [6.07, 6.45) is 0. The summed E-state index contributed by atoms with van der Waals surface area (Å²) in [7, 11) is 0. The van der Waals surface area contributed by atoms with Gasteiger partial charge in [0.2, 0.25) is 0 Å². The van der Waals surface area contributed by atoms with E-state index in [1.807, 2.05) is 0 Å². The molecule has 0 atom stereocenters. The van der Waals surface area contributed by atoms with E-state index in [1.165, 1.54) is 12.1 Å². The average Bonchev–Trinajstić information content (AvgIpc) is 2.37. The lowest BCUT2D eigenvalue weighted by Gasteiger charge is -2.08. The fraction of sp³-hybridized carbons (Fsp3) is 0.143. The minimum Gasteiger partial charge on any atom is -0.489 e. The standard InChI is InChI=1S/C14H12ClFO2/c15-14-7-13(5-4-11(14)8-17)18-9-10-2-1-3-12(16)6-10/h1-7,17H,8-9H2. The highest BCUT2D eigenvalue weighted by Crippen LogP contribution is 2.23. The molecule has 0 spiro atoms. The second-order valence-electron chi connectivity index (χ2n) is 3.83. The van der Waals surface area contributed by atoms with E-state index in [0.717, 1.165) is 5.56 Å². The third-order valence-electron chi connectivity index (χ3n) is 2.49. The van der Waals surface area contributed by atoms with Gasteiger partial charge in [0.25, 0.3) is 0 Å². The summed E-state index contributed by atoms with van der Waals surface area (Å²) in [6, 6.07) is 11.3. The molecule has 0 aliphatic rings. The maximum absolute atomic E-state index is 13.0. The van der Waals surface area contributed by atoms with Crippen molar-refractivity contribution >= 4 is 11.6 Å². The third kappa shape index (κ3) is 3.22. The van der Waals surface area contributed by atoms with Crippen molar-refractivity contribution in [1.29, 1.82) is 0 Å². The van der Waals surface area contributed by atoms with Gasteiger partial charge in [0.05, 0.1) is 6.61 Å². The summed E-state index contributed by atoms with van der Waals surface area (Å²) in [5.74, 6) is 0.297. The minimum absolute atomic E-state index is 0.108. The monoisotopic (exact) mass is 266 g/mol. The van der Waals surface area contributed by atoms with Crippen LogP contribution in [0, 0.1) is 5.82 Å². The lowest BCUT2D eigenvalue weighted by molar-refractivity contribution is 0.281. The van der Waals surface area contributed by atoms with E-state index in [-0.39, 0.29) is 19.0 Å². The number of rotatable bonds is 4. The topological polar surface area (TPSA) is 29.5 Å². The molecule has 0 aromatic heterocycles. The summed E-state index contributed by atoms with van der Waals surface area (Å²) in [5.41, 5.74) is 1.40. The number of hydrogen-bond acceptors (Lipinski definition) is 2. The van der Waals surface area contributed by atoms with Crippen LogP contribution in [0.3, 0.4) is 0 Å². The molecule has 0 saturated carbocycles. The molecule has 0 unspecified atom stereocenters. The van der Waals surface area contributed by atoms with Crippen molar-refractivity contribution in [2.24, 2.45) is 0 Å². The Morgan fingerprint density at radius 1 is 1.17 bits per heavy atom. The van der Waals surface area contributed by atoms with E-state index < -0.39 is 0 Å². The van der Waals surface area contributed by atoms with Crippen molar-refractivity contribution in [1.82, 2.24) is 0 Å². The maximum Gasteiger partial charge on any atom is 0.123 e. The Kier molecular flexibility index (Phi) is 4.18. The van der Waals surface area contributed by atoms with Gasteiger partial charge in [-0.1, -0.05) is 29.8 Å². The Bertz CT molecular complexity index is 543. The quantitative estimate of drug-likeness (QED) is 0.917. The number of benzene rings is 2. The average molecular weight is 267 g/mol. The molecule has 4 heteroatoms. The van der Waals surface area contributed by atoms with Crippen LogP contribution >= 0.6 is 11.6 Å². The number of ether oxygens (including phenoxy) is 1. The van der Waals surface area contributed by atoms with Crippen molar-refractivity contribution < 1.29 is 14.2 Å². The van der Waals surface area contributed by atoms with Crippen LogP contribution in [-0.2, 0) is 13.2 Å². The Labute approximate surface area is 110 Å². The molecule has 2 aromatic rings. The van der Waals surface area contributed by atoms with Crippen LogP contribution in [0.2, 0.25) is 5.02 Å². The molecule has 0 bridgehead atoms. The van der Waals surface area contributed by atoms with E-state index in [9.17, 15) is 4.39 Å². The number of hydrogen-bond donors (Lipinski definition) is 1. The zero-order chi connectivity index (χ0) is 13.0. The Hall–Kier alpha value is -1.58. The highest BCUT2D eigenvalue weighted by molar-refractivity contribution is 6.31. The van der Waals surface area contributed by atoms with Crippen LogP contribution in [0.4, 0.5) is 4.39 Å². The van der Waals surface area contributed by atoms with Crippen LogP contribution in [-0.4, -0.2) is 5.11 Å². The summed E-state index contributed by atoms with van der Waals surface area (Å²) < 4.78 is 18.4. The summed E-state index contributed by atoms with van der Waals surface area (Å²) in [4.78, 5) is 0. The highest BCUT2D eigenvalue weighted by atomic mass is 35.5. The van der Waals surface area contributed by atoms with Gasteiger partial charge in [-0.15, -0.1) is 0 Å². The fourth-order valence-electron chi connectivity index (χ4n) is 1.54. The van der Waals surface area contributed by atoms with Crippen molar-refractivity contribution in [3.63, 3.8) is 0 Å². The first-order chi connectivity index (χ1) is 8.69. The van der Waals surface area contributed by atoms with Gasteiger partial charge in [0.15, 0.2) is 0 Å². The molecule has 0 fully saturated rings. The largest absolute Gasteiger partial charge is 0.489 e. The molecule has 0 radical (unpaired) electrons. The van der Waals surface area contributed by atoms with E-state index >= 15 is 0 Å². The summed E-state index contributed by atoms with van der Waals surface area (Å²) in [6.45, 7) is 0.162. The van der Waals surface area contributed by atoms with Gasteiger partial charge in [-0.2, -0.15) is 0 Å². The normalized spacial score (nSPS) is 10.4. The minimum atomic E-state index is -0.287. The van der Waals surface area contributed by atoms with Gasteiger partial charge in [-0.3, -0.25) is 0 Å². The van der Waals surface area contributed by atoms with Crippen molar-refractivity contribution in [3.05, 3.63) is 64.4 Å². The predicted octanol–water partition coefficient (Wildman–Crippen LogP) is 3.55. The number of aliphatic hydroxyl groups excluding tert-OH is 1. The van der Waals surface area contributed by atoms with Crippen molar-refractivity contribution in [3.8, 4) is 5.75 Å². The number of aliphatic hydroxyl groups is 1. The zero-order valence-electron chi connectivity index (χ0n) is 9.57. The van der Waals surface area contributed by atoms with E-state index in [0.29, 0.717) is 16.3 Å². The smallest absolute Gasteiger partial charge is 0.123 e. The Morgan fingerprint density at radius 2 is 2.00 bits per heavy atom. The first-order valence-corrected chi connectivity index (χ1v) is 5.83. The van der Waals surface area contributed by atoms with E-state index in [2.05, 4.69) is 0 Å². The van der Waals surface area contributed by atoms with Crippen LogP contribution in [0.5, 0.6) is 5.75 Å². The molecule has 2 rings (SSSR count). The second kappa shape index (κ2) is 5.85. The zero-order valence-corrected chi connectivity index (χ0v) is 10.3. The molecule has 0 heterocycles. The Morgan fingerprint density at radius 3 is 2.67 bits per heavy atom. The van der Waals surface area contributed by atoms with Gasteiger partial charge in [0.1, 0.15) is 18.2 Å². The molecular weight excluding hydrogens is 255 g/mol. The van der Waals surface area contributed by atoms with Crippen LogP contribution in [0.25, 0.3) is 0 Å². The fourth-order valence-corrected chi connectivity index (χ4v) is 1.77. The van der Waals surface area contributed by atoms with E-state index in [4.69, 9.17) is 21.4 Å². The second-order valence-corrected chi connectivity index (χ2v) is 4.24. The van der Waals surface area contributed by atoms with Gasteiger partial charge in [-0.05, 0) is 35.4 Å². The molecule has 0 aliphatic heterocycles. The van der Waals surface area contributed by atoms with E-state index in [1.54, 1.807) is 30.3 Å². The van der Waals surface area contributed by atoms with Gasteiger partial charge < -0.3 is 9.84 Å². The third-order valence-corrected chi connectivity index (χ3v) is 2.84. The number of halogens is 2. The van der Waals surface area contributed by atoms with Crippen molar-refractivity contribution in [2.75, 3.05) is 0 Å². The van der Waals surface area contributed by atoms with Crippen LogP contribution in [0.1, 0.15) is 11.1 Å². The van der Waals surface area contributed by atoms with Gasteiger partial charge in [0, 0.05) is 5.02 Å². The molecule has 0 amide bonds. The maximum atomic E-state index is 13.0. The molecule has 94 valence electrons. The SMILES string of the molecule is OCc1ccc(OCc2cccc(F)c2)cc1Cl. The molecule has 2 nitrogen and oxygen atoms in total. The summed E-state index contributed by atoms with van der Waals surface area (Å²) >= 11 is 5.94. The molecule has 1 N–H and O–H groups in total. The highest BCUT2D eigenvalue weighted by Gasteiger charge is 2.02. The Balaban J connectivity index is 2.04. The molecule has 0 aliphatic carbocycles. The first kappa shape index (κ1) is 12.9. The first-order valence-electron chi connectivity index (χ1n) is 5.45.